The summed E-state index contributed by atoms with van der Waals surface area (Å²) in [5.41, 5.74) is 26.5. The van der Waals surface area contributed by atoms with Crippen molar-refractivity contribution < 1.29 is 4.74 Å². The molecule has 0 radical (unpaired) electrons. The molecular weight excluding hydrogens is 849 g/mol. The zero-order valence-corrected chi connectivity index (χ0v) is 48.3. The Morgan fingerprint density at radius 1 is 0.362 bits per heavy atom. The minimum Gasteiger partial charge on any atom is -0.361 e. The van der Waals surface area contributed by atoms with Crippen molar-refractivity contribution in [3.05, 3.63) is 0 Å². The van der Waals surface area contributed by atoms with Gasteiger partial charge < -0.3 is 32.6 Å². The van der Waals surface area contributed by atoms with E-state index in [1.807, 2.05) is 0 Å². The van der Waals surface area contributed by atoms with Gasteiger partial charge in [0.05, 0.1) is 12.8 Å². The minimum atomic E-state index is 0.0782. The summed E-state index contributed by atoms with van der Waals surface area (Å²) in [6.07, 6.45) is 56.6. The van der Waals surface area contributed by atoms with E-state index in [0.29, 0.717) is 26.4 Å². The molecular formula is C60H130N8O. The van der Waals surface area contributed by atoms with Crippen LogP contribution in [0.5, 0.6) is 0 Å². The standard InChI is InChI=1S/C60H130N8O/c1-8-11-14-17-20-23-26-29-32-35-38-41-44-47-55(64)57(50-61)67(6)53-65-56(48-45-42-39-36-33-30-27-24-21-18-15-12-9-2)58(51-62)68(7)54-69-60(59(52-63)66(4)5)49-46-43-40-37-34-31-28-25-22-19-16-13-10-3/h55-60,65H,8-54,61-64H2,1-7H3/t55-,56+,57-,58-,59-,60-/m0/s1. The first-order chi connectivity index (χ1) is 33.7. The second-order valence-corrected chi connectivity index (χ2v) is 22.4. The predicted molar refractivity (Wildman–Crippen MR) is 308 cm³/mol. The molecule has 6 atom stereocenters. The number of unbranched alkanes of at least 4 members (excludes halogenated alkanes) is 36. The van der Waals surface area contributed by atoms with Gasteiger partial charge in [-0.3, -0.25) is 15.1 Å². The van der Waals surface area contributed by atoms with Crippen molar-refractivity contribution in [2.75, 3.05) is 61.2 Å². The number of ether oxygens (including phenoxy) is 1. The molecule has 0 aliphatic carbocycles. The average molecular weight is 980 g/mol. The fraction of sp³-hybridized carbons (Fsp3) is 1.00. The van der Waals surface area contributed by atoms with E-state index in [1.165, 1.54) is 250 Å². The van der Waals surface area contributed by atoms with Crippen LogP contribution in [-0.4, -0.2) is 112 Å². The summed E-state index contributed by atoms with van der Waals surface area (Å²) in [6, 6.07) is 0.814. The van der Waals surface area contributed by atoms with Gasteiger partial charge in [-0.25, -0.2) is 0 Å². The zero-order valence-electron chi connectivity index (χ0n) is 48.3. The first-order valence-electron chi connectivity index (χ1n) is 31.0. The Kier molecular flexibility index (Phi) is 52.2. The van der Waals surface area contributed by atoms with Crippen LogP contribution >= 0.6 is 0 Å². The Bertz CT molecular complexity index is 991. The van der Waals surface area contributed by atoms with E-state index in [4.69, 9.17) is 27.7 Å². The third-order valence-electron chi connectivity index (χ3n) is 15.9. The smallest absolute Gasteiger partial charge is 0.0995 e. The Balaban J connectivity index is 5.26. The van der Waals surface area contributed by atoms with Crippen LogP contribution in [0.3, 0.4) is 0 Å². The second-order valence-electron chi connectivity index (χ2n) is 22.4. The number of rotatable bonds is 57. The summed E-state index contributed by atoms with van der Waals surface area (Å²) in [5, 5.41) is 4.01. The third kappa shape index (κ3) is 40.7. The van der Waals surface area contributed by atoms with Crippen LogP contribution in [0.4, 0.5) is 0 Å². The molecule has 0 amide bonds. The van der Waals surface area contributed by atoms with E-state index in [1.54, 1.807) is 0 Å². The van der Waals surface area contributed by atoms with Crippen molar-refractivity contribution in [3.8, 4) is 0 Å². The molecule has 0 bridgehead atoms. The predicted octanol–water partition coefficient (Wildman–Crippen LogP) is 14.4. The number of hydrogen-bond donors (Lipinski definition) is 5. The van der Waals surface area contributed by atoms with Crippen LogP contribution in [0.2, 0.25) is 0 Å². The molecule has 0 aliphatic rings. The van der Waals surface area contributed by atoms with Gasteiger partial charge in [-0.2, -0.15) is 0 Å². The molecule has 0 aliphatic heterocycles. The molecule has 0 spiro atoms. The summed E-state index contributed by atoms with van der Waals surface area (Å²) in [6.45, 7) is 9.96. The van der Waals surface area contributed by atoms with Crippen molar-refractivity contribution in [2.45, 2.75) is 327 Å². The molecule has 0 aromatic rings. The summed E-state index contributed by atoms with van der Waals surface area (Å²) in [5.74, 6) is 0. The Morgan fingerprint density at radius 2 is 0.667 bits per heavy atom. The van der Waals surface area contributed by atoms with E-state index in [-0.39, 0.29) is 36.3 Å². The van der Waals surface area contributed by atoms with Gasteiger partial charge in [-0.1, -0.05) is 271 Å². The van der Waals surface area contributed by atoms with Gasteiger partial charge in [-0.05, 0) is 47.5 Å². The van der Waals surface area contributed by atoms with E-state index in [9.17, 15) is 0 Å². The minimum absolute atomic E-state index is 0.0782. The van der Waals surface area contributed by atoms with Crippen molar-refractivity contribution in [1.29, 1.82) is 0 Å². The molecule has 9 N–H and O–H groups in total. The SMILES string of the molecule is CCCCCCCCCCCCCCC[C@H](OCN(C)[C@@H](CN)[C@@H](CCCCCCCCCCCCCCC)NCN(C)[C@@H](CN)[C@@H](N)CCCCCCCCCCCCCCC)[C@H](CN)N(C)C. The Hall–Kier alpha value is -0.360. The lowest BCUT2D eigenvalue weighted by molar-refractivity contribution is -0.0646. The summed E-state index contributed by atoms with van der Waals surface area (Å²) in [4.78, 5) is 7.02. The number of hydrogen-bond acceptors (Lipinski definition) is 9. The lowest BCUT2D eigenvalue weighted by Crippen LogP contribution is -2.58. The van der Waals surface area contributed by atoms with Crippen molar-refractivity contribution >= 4 is 0 Å². The largest absolute Gasteiger partial charge is 0.361 e. The second kappa shape index (κ2) is 52.5. The molecule has 416 valence electrons. The van der Waals surface area contributed by atoms with E-state index in [0.717, 1.165) is 25.9 Å². The molecule has 0 saturated heterocycles. The van der Waals surface area contributed by atoms with E-state index in [2.05, 4.69) is 69.0 Å². The molecule has 9 heteroatoms. The topological polar surface area (TPSA) is 135 Å². The van der Waals surface area contributed by atoms with Crippen LogP contribution in [0.1, 0.15) is 290 Å². The summed E-state index contributed by atoms with van der Waals surface area (Å²) >= 11 is 0. The quantitative estimate of drug-likeness (QED) is 0.0298. The molecule has 9 nitrogen and oxygen atoms in total. The van der Waals surface area contributed by atoms with Crippen molar-refractivity contribution in [3.63, 3.8) is 0 Å². The molecule has 0 unspecified atom stereocenters. The van der Waals surface area contributed by atoms with Gasteiger partial charge in [0.25, 0.3) is 0 Å². The highest BCUT2D eigenvalue weighted by atomic mass is 16.5. The Labute approximate surface area is 434 Å². The normalized spacial score (nSPS) is 14.9. The number of nitrogens with zero attached hydrogens (tertiary/aromatic N) is 3. The maximum absolute atomic E-state index is 6.91. The van der Waals surface area contributed by atoms with Gasteiger partial charge in [-0.15, -0.1) is 0 Å². The maximum atomic E-state index is 6.91. The van der Waals surface area contributed by atoms with Crippen LogP contribution in [0.25, 0.3) is 0 Å². The fourth-order valence-corrected chi connectivity index (χ4v) is 10.9. The van der Waals surface area contributed by atoms with Crippen LogP contribution in [-0.2, 0) is 4.74 Å². The van der Waals surface area contributed by atoms with Gasteiger partial charge >= 0.3 is 0 Å². The van der Waals surface area contributed by atoms with E-state index < -0.39 is 0 Å². The first kappa shape index (κ1) is 68.6. The average Bonchev–Trinajstić information content (AvgIpc) is 3.34. The third-order valence-corrected chi connectivity index (χ3v) is 15.9. The first-order valence-corrected chi connectivity index (χ1v) is 31.0. The number of likely N-dealkylation sites (N-methyl/N-ethyl adjacent to an activating group) is 3. The van der Waals surface area contributed by atoms with Gasteiger partial charge in [0.2, 0.25) is 0 Å². The number of nitrogens with one attached hydrogen (secondary N) is 1. The monoisotopic (exact) mass is 979 g/mol. The number of nitrogens with two attached hydrogens (primary N) is 4. The van der Waals surface area contributed by atoms with Gasteiger partial charge in [0.15, 0.2) is 0 Å². The fourth-order valence-electron chi connectivity index (χ4n) is 10.9. The Morgan fingerprint density at radius 3 is 0.986 bits per heavy atom. The molecule has 0 saturated carbocycles. The summed E-state index contributed by atoms with van der Waals surface area (Å²) < 4.78 is 6.87. The lowest BCUT2D eigenvalue weighted by Gasteiger charge is -2.39. The highest BCUT2D eigenvalue weighted by Gasteiger charge is 2.29. The molecule has 0 fully saturated rings. The highest BCUT2D eigenvalue weighted by Crippen LogP contribution is 2.21. The van der Waals surface area contributed by atoms with Crippen molar-refractivity contribution in [2.24, 2.45) is 22.9 Å². The zero-order chi connectivity index (χ0) is 50.8. The van der Waals surface area contributed by atoms with Crippen molar-refractivity contribution in [1.82, 2.24) is 20.0 Å². The van der Waals surface area contributed by atoms with Crippen LogP contribution < -0.4 is 28.3 Å². The van der Waals surface area contributed by atoms with E-state index >= 15 is 0 Å². The highest BCUT2D eigenvalue weighted by molar-refractivity contribution is 4.87. The molecule has 69 heavy (non-hydrogen) atoms. The molecule has 0 aromatic carbocycles. The maximum Gasteiger partial charge on any atom is 0.0995 e. The lowest BCUT2D eigenvalue weighted by atomic mass is 9.98. The molecule has 0 heterocycles. The van der Waals surface area contributed by atoms with Gasteiger partial charge in [0, 0.05) is 56.5 Å². The van der Waals surface area contributed by atoms with Gasteiger partial charge in [0.1, 0.15) is 0 Å². The molecule has 0 aromatic heterocycles. The van der Waals surface area contributed by atoms with Crippen LogP contribution in [0.15, 0.2) is 0 Å². The van der Waals surface area contributed by atoms with Crippen LogP contribution in [0, 0.1) is 0 Å². The molecule has 0 rings (SSSR count). The summed E-state index contributed by atoms with van der Waals surface area (Å²) in [7, 11) is 8.71.